The second-order valence-electron chi connectivity index (χ2n) is 5.59. The van der Waals surface area contributed by atoms with Crippen molar-refractivity contribution >= 4 is 0 Å². The summed E-state index contributed by atoms with van der Waals surface area (Å²) < 4.78 is 0. The molecule has 3 heteroatoms. The number of hydrogen-bond acceptors (Lipinski definition) is 3. The molecule has 0 amide bonds. The first-order chi connectivity index (χ1) is 7.07. The Morgan fingerprint density at radius 1 is 1.20 bits per heavy atom. The molecule has 1 saturated heterocycles. The van der Waals surface area contributed by atoms with Gasteiger partial charge in [0.05, 0.1) is 5.60 Å². The maximum absolute atomic E-state index is 10.4. The molecular formula is C12H24N2O. The van der Waals surface area contributed by atoms with Crippen molar-refractivity contribution < 1.29 is 5.11 Å². The van der Waals surface area contributed by atoms with E-state index in [0.29, 0.717) is 12.1 Å². The molecule has 0 spiro atoms. The van der Waals surface area contributed by atoms with E-state index in [2.05, 4.69) is 24.1 Å². The van der Waals surface area contributed by atoms with E-state index in [1.165, 1.54) is 12.8 Å². The number of nitrogens with zero attached hydrogens (tertiary/aromatic N) is 1. The zero-order valence-electron chi connectivity index (χ0n) is 10.00. The van der Waals surface area contributed by atoms with Crippen LogP contribution in [0.4, 0.5) is 0 Å². The Balaban J connectivity index is 1.87. The number of hydrogen-bond donors (Lipinski definition) is 2. The van der Waals surface area contributed by atoms with E-state index in [1.807, 2.05) is 0 Å². The van der Waals surface area contributed by atoms with Gasteiger partial charge in [0, 0.05) is 31.7 Å². The molecule has 0 bridgehead atoms. The van der Waals surface area contributed by atoms with E-state index >= 15 is 0 Å². The van der Waals surface area contributed by atoms with Gasteiger partial charge in [-0.15, -0.1) is 0 Å². The van der Waals surface area contributed by atoms with E-state index in [-0.39, 0.29) is 5.60 Å². The van der Waals surface area contributed by atoms with Crippen LogP contribution < -0.4 is 5.32 Å². The van der Waals surface area contributed by atoms with Crippen LogP contribution in [0.15, 0.2) is 0 Å². The second-order valence-corrected chi connectivity index (χ2v) is 5.59. The SMILES string of the molecule is CC1CN(CC2(O)CCCC2)CC(C)N1. The van der Waals surface area contributed by atoms with Crippen LogP contribution in [-0.4, -0.2) is 47.3 Å². The molecule has 0 radical (unpaired) electrons. The van der Waals surface area contributed by atoms with Gasteiger partial charge in [-0.2, -0.15) is 0 Å². The maximum Gasteiger partial charge on any atom is 0.0774 e. The van der Waals surface area contributed by atoms with Gasteiger partial charge in [-0.1, -0.05) is 12.8 Å². The zero-order chi connectivity index (χ0) is 10.9. The third-order valence-corrected chi connectivity index (χ3v) is 3.69. The van der Waals surface area contributed by atoms with Crippen molar-refractivity contribution in [3.8, 4) is 0 Å². The molecule has 0 aromatic heterocycles. The quantitative estimate of drug-likeness (QED) is 0.716. The number of piperazine rings is 1. The van der Waals surface area contributed by atoms with Crippen LogP contribution in [0.25, 0.3) is 0 Å². The van der Waals surface area contributed by atoms with E-state index < -0.39 is 0 Å². The van der Waals surface area contributed by atoms with Crippen molar-refractivity contribution in [1.29, 1.82) is 0 Å². The third kappa shape index (κ3) is 2.92. The summed E-state index contributed by atoms with van der Waals surface area (Å²) in [5.74, 6) is 0. The zero-order valence-corrected chi connectivity index (χ0v) is 10.00. The van der Waals surface area contributed by atoms with E-state index in [0.717, 1.165) is 32.5 Å². The number of rotatable bonds is 2. The minimum atomic E-state index is -0.378. The van der Waals surface area contributed by atoms with Gasteiger partial charge in [-0.25, -0.2) is 0 Å². The highest BCUT2D eigenvalue weighted by molar-refractivity contribution is 4.90. The van der Waals surface area contributed by atoms with E-state index in [9.17, 15) is 5.11 Å². The molecule has 2 fully saturated rings. The van der Waals surface area contributed by atoms with Crippen molar-refractivity contribution in [2.24, 2.45) is 0 Å². The van der Waals surface area contributed by atoms with Crippen LogP contribution in [0.3, 0.4) is 0 Å². The minimum Gasteiger partial charge on any atom is -0.389 e. The van der Waals surface area contributed by atoms with Gasteiger partial charge in [-0.3, -0.25) is 4.90 Å². The van der Waals surface area contributed by atoms with Crippen LogP contribution in [0.5, 0.6) is 0 Å². The predicted octanol–water partition coefficient (Wildman–Crippen LogP) is 0.974. The molecule has 15 heavy (non-hydrogen) atoms. The Kier molecular flexibility index (Phi) is 3.33. The number of nitrogens with one attached hydrogen (secondary N) is 1. The highest BCUT2D eigenvalue weighted by Gasteiger charge is 2.34. The normalized spacial score (nSPS) is 37.0. The van der Waals surface area contributed by atoms with Crippen molar-refractivity contribution in [2.75, 3.05) is 19.6 Å². The first-order valence-electron chi connectivity index (χ1n) is 6.28. The highest BCUT2D eigenvalue weighted by Crippen LogP contribution is 2.30. The van der Waals surface area contributed by atoms with Gasteiger partial charge < -0.3 is 10.4 Å². The molecule has 88 valence electrons. The van der Waals surface area contributed by atoms with Crippen molar-refractivity contribution in [3.63, 3.8) is 0 Å². The Bertz CT molecular complexity index is 204. The highest BCUT2D eigenvalue weighted by atomic mass is 16.3. The number of aliphatic hydroxyl groups is 1. The van der Waals surface area contributed by atoms with E-state index in [4.69, 9.17) is 0 Å². The fraction of sp³-hybridized carbons (Fsp3) is 1.00. The van der Waals surface area contributed by atoms with Crippen LogP contribution in [0, 0.1) is 0 Å². The molecule has 2 unspecified atom stereocenters. The first-order valence-corrected chi connectivity index (χ1v) is 6.28. The summed E-state index contributed by atoms with van der Waals surface area (Å²) in [6.45, 7) is 7.48. The Morgan fingerprint density at radius 2 is 1.73 bits per heavy atom. The van der Waals surface area contributed by atoms with Gasteiger partial charge >= 0.3 is 0 Å². The van der Waals surface area contributed by atoms with Gasteiger partial charge in [0.2, 0.25) is 0 Å². The average molecular weight is 212 g/mol. The molecule has 3 nitrogen and oxygen atoms in total. The molecule has 1 aliphatic carbocycles. The molecular weight excluding hydrogens is 188 g/mol. The summed E-state index contributed by atoms with van der Waals surface area (Å²) in [4.78, 5) is 2.43. The van der Waals surface area contributed by atoms with Gasteiger partial charge in [0.15, 0.2) is 0 Å². The maximum atomic E-state index is 10.4. The van der Waals surface area contributed by atoms with Gasteiger partial charge in [0.1, 0.15) is 0 Å². The fourth-order valence-electron chi connectivity index (χ4n) is 3.18. The lowest BCUT2D eigenvalue weighted by Crippen LogP contribution is -2.57. The predicted molar refractivity (Wildman–Crippen MR) is 61.9 cm³/mol. The van der Waals surface area contributed by atoms with E-state index in [1.54, 1.807) is 0 Å². The molecule has 1 aliphatic heterocycles. The lowest BCUT2D eigenvalue weighted by atomic mass is 10.0. The molecule has 2 atom stereocenters. The van der Waals surface area contributed by atoms with Crippen LogP contribution >= 0.6 is 0 Å². The summed E-state index contributed by atoms with van der Waals surface area (Å²) in [6.07, 6.45) is 4.40. The summed E-state index contributed by atoms with van der Waals surface area (Å²) >= 11 is 0. The lowest BCUT2D eigenvalue weighted by molar-refractivity contribution is -0.00171. The van der Waals surface area contributed by atoms with Gasteiger partial charge in [-0.05, 0) is 26.7 Å². The standard InChI is InChI=1S/C12H24N2O/c1-10-7-14(8-11(2)13-10)9-12(15)5-3-4-6-12/h10-11,13,15H,3-9H2,1-2H3. The van der Waals surface area contributed by atoms with Crippen LogP contribution in [-0.2, 0) is 0 Å². The monoisotopic (exact) mass is 212 g/mol. The Morgan fingerprint density at radius 3 is 2.27 bits per heavy atom. The summed E-state index contributed by atoms with van der Waals surface area (Å²) in [7, 11) is 0. The summed E-state index contributed by atoms with van der Waals surface area (Å²) in [6, 6.07) is 1.11. The fourth-order valence-corrected chi connectivity index (χ4v) is 3.18. The first kappa shape index (κ1) is 11.4. The largest absolute Gasteiger partial charge is 0.389 e. The Hall–Kier alpha value is -0.120. The summed E-state index contributed by atoms with van der Waals surface area (Å²) in [5, 5.41) is 13.9. The topological polar surface area (TPSA) is 35.5 Å². The van der Waals surface area contributed by atoms with Crippen molar-refractivity contribution in [2.45, 2.75) is 57.2 Å². The van der Waals surface area contributed by atoms with Crippen LogP contribution in [0.1, 0.15) is 39.5 Å². The molecule has 0 aromatic rings. The summed E-state index contributed by atoms with van der Waals surface area (Å²) in [5.41, 5.74) is -0.378. The van der Waals surface area contributed by atoms with Crippen molar-refractivity contribution in [1.82, 2.24) is 10.2 Å². The molecule has 2 aliphatic rings. The third-order valence-electron chi connectivity index (χ3n) is 3.69. The minimum absolute atomic E-state index is 0.378. The van der Waals surface area contributed by atoms with Gasteiger partial charge in [0.25, 0.3) is 0 Å². The van der Waals surface area contributed by atoms with Crippen LogP contribution in [0.2, 0.25) is 0 Å². The lowest BCUT2D eigenvalue weighted by Gasteiger charge is -2.39. The average Bonchev–Trinajstić information content (AvgIpc) is 2.49. The molecule has 1 heterocycles. The molecule has 0 aromatic carbocycles. The molecule has 1 saturated carbocycles. The van der Waals surface area contributed by atoms with Crippen molar-refractivity contribution in [3.05, 3.63) is 0 Å². The smallest absolute Gasteiger partial charge is 0.0774 e. The number of β-amino-alcohol motifs (C(OH)–C–C–N with tert-alkyl or cyclic N) is 1. The molecule has 2 rings (SSSR count). The molecule has 2 N–H and O–H groups in total. The Labute approximate surface area is 92.8 Å². The second kappa shape index (κ2) is 4.40.